The fourth-order valence-corrected chi connectivity index (χ4v) is 2.81. The summed E-state index contributed by atoms with van der Waals surface area (Å²) in [6.07, 6.45) is 5.73. The molecule has 96 valence electrons. The van der Waals surface area contributed by atoms with Crippen LogP contribution in [0.3, 0.4) is 0 Å². The molecule has 0 aliphatic carbocycles. The van der Waals surface area contributed by atoms with Gasteiger partial charge in [-0.3, -0.25) is 4.68 Å². The lowest BCUT2D eigenvalue weighted by Crippen LogP contribution is -2.34. The molecule has 0 unspecified atom stereocenters. The Bertz CT molecular complexity index is 544. The molecule has 2 aromatic rings. The number of rotatable bonds is 2. The Kier molecular flexibility index (Phi) is 3.07. The van der Waals surface area contributed by atoms with E-state index in [1.807, 2.05) is 13.2 Å². The molecule has 0 bridgehead atoms. The summed E-state index contributed by atoms with van der Waals surface area (Å²) in [7, 11) is 1.90. The van der Waals surface area contributed by atoms with E-state index in [2.05, 4.69) is 20.0 Å². The Balaban J connectivity index is 1.91. The minimum atomic E-state index is 0.647. The number of anilines is 1. The van der Waals surface area contributed by atoms with E-state index in [-0.39, 0.29) is 0 Å². The Labute approximate surface area is 111 Å². The number of hydrogen-bond donors (Lipinski definition) is 0. The van der Waals surface area contributed by atoms with Crippen LogP contribution in [0.25, 0.3) is 11.0 Å². The highest BCUT2D eigenvalue weighted by atomic mass is 35.5. The first-order valence-electron chi connectivity index (χ1n) is 6.23. The molecule has 1 aliphatic heterocycles. The molecule has 3 heterocycles. The predicted octanol–water partition coefficient (Wildman–Crippen LogP) is 1.82. The number of aromatic nitrogens is 4. The molecule has 0 spiro atoms. The Morgan fingerprint density at radius 3 is 2.83 bits per heavy atom. The molecule has 2 aromatic heterocycles. The van der Waals surface area contributed by atoms with Crippen molar-refractivity contribution in [2.75, 3.05) is 23.9 Å². The van der Waals surface area contributed by atoms with Gasteiger partial charge in [-0.25, -0.2) is 9.97 Å². The maximum absolute atomic E-state index is 5.91. The van der Waals surface area contributed by atoms with Crippen LogP contribution < -0.4 is 4.90 Å². The molecule has 1 fully saturated rings. The molecule has 0 radical (unpaired) electrons. The normalized spacial score (nSPS) is 17.6. The highest BCUT2D eigenvalue weighted by Crippen LogP contribution is 2.27. The maximum Gasteiger partial charge on any atom is 0.163 e. The number of nitrogens with zero attached hydrogens (tertiary/aromatic N) is 5. The number of alkyl halides is 1. The minimum Gasteiger partial charge on any atom is -0.356 e. The average Bonchev–Trinajstić information content (AvgIpc) is 2.81. The van der Waals surface area contributed by atoms with Crippen LogP contribution in [0.2, 0.25) is 0 Å². The van der Waals surface area contributed by atoms with Gasteiger partial charge in [-0.2, -0.15) is 5.10 Å². The monoisotopic (exact) mass is 265 g/mol. The van der Waals surface area contributed by atoms with Crippen molar-refractivity contribution < 1.29 is 0 Å². The maximum atomic E-state index is 5.91. The van der Waals surface area contributed by atoms with Gasteiger partial charge in [0.1, 0.15) is 12.1 Å². The van der Waals surface area contributed by atoms with Crippen molar-refractivity contribution >= 4 is 28.5 Å². The fourth-order valence-electron chi connectivity index (χ4n) is 2.50. The van der Waals surface area contributed by atoms with E-state index in [4.69, 9.17) is 11.6 Å². The third kappa shape index (κ3) is 1.92. The van der Waals surface area contributed by atoms with E-state index >= 15 is 0 Å². The van der Waals surface area contributed by atoms with Gasteiger partial charge in [0.25, 0.3) is 0 Å². The Morgan fingerprint density at radius 2 is 2.11 bits per heavy atom. The van der Waals surface area contributed by atoms with E-state index in [0.29, 0.717) is 5.92 Å². The Morgan fingerprint density at radius 1 is 1.33 bits per heavy atom. The van der Waals surface area contributed by atoms with Crippen LogP contribution in [-0.2, 0) is 7.05 Å². The third-order valence-electron chi connectivity index (χ3n) is 3.64. The third-order valence-corrected chi connectivity index (χ3v) is 4.08. The molecule has 18 heavy (non-hydrogen) atoms. The SMILES string of the molecule is Cn1ncc2c(N3CCC(CCl)CC3)ncnc21. The van der Waals surface area contributed by atoms with Crippen molar-refractivity contribution in [3.8, 4) is 0 Å². The lowest BCUT2D eigenvalue weighted by molar-refractivity contribution is 0.441. The molecule has 0 atom stereocenters. The van der Waals surface area contributed by atoms with Crippen LogP contribution in [0, 0.1) is 5.92 Å². The molecule has 0 N–H and O–H groups in total. The summed E-state index contributed by atoms with van der Waals surface area (Å²) in [6.45, 7) is 2.02. The second kappa shape index (κ2) is 4.72. The summed E-state index contributed by atoms with van der Waals surface area (Å²) in [6, 6.07) is 0. The van der Waals surface area contributed by atoms with E-state index in [1.54, 1.807) is 11.0 Å². The van der Waals surface area contributed by atoms with Gasteiger partial charge in [-0.05, 0) is 18.8 Å². The molecular formula is C12H16ClN5. The molecule has 6 heteroatoms. The molecule has 1 aliphatic rings. The smallest absolute Gasteiger partial charge is 0.163 e. The van der Waals surface area contributed by atoms with E-state index < -0.39 is 0 Å². The van der Waals surface area contributed by atoms with Crippen molar-refractivity contribution in [2.24, 2.45) is 13.0 Å². The topological polar surface area (TPSA) is 46.8 Å². The number of piperidine rings is 1. The van der Waals surface area contributed by atoms with Gasteiger partial charge in [0.2, 0.25) is 0 Å². The molecule has 1 saturated heterocycles. The van der Waals surface area contributed by atoms with Crippen LogP contribution in [0.5, 0.6) is 0 Å². The molecule has 3 rings (SSSR count). The van der Waals surface area contributed by atoms with E-state index in [0.717, 1.165) is 48.7 Å². The first kappa shape index (κ1) is 11.7. The summed E-state index contributed by atoms with van der Waals surface area (Å²) in [5.74, 6) is 2.41. The summed E-state index contributed by atoms with van der Waals surface area (Å²) in [5, 5.41) is 5.28. The standard InChI is InChI=1S/C12H16ClN5/c1-17-11-10(7-16-17)12(15-8-14-11)18-4-2-9(6-13)3-5-18/h7-9H,2-6H2,1H3. The zero-order valence-corrected chi connectivity index (χ0v) is 11.1. The van der Waals surface area contributed by atoms with Gasteiger partial charge in [0.05, 0.1) is 11.6 Å². The van der Waals surface area contributed by atoms with Crippen LogP contribution in [0.1, 0.15) is 12.8 Å². The highest BCUT2D eigenvalue weighted by Gasteiger charge is 2.21. The quantitative estimate of drug-likeness (QED) is 0.777. The predicted molar refractivity (Wildman–Crippen MR) is 72.0 cm³/mol. The lowest BCUT2D eigenvalue weighted by atomic mass is 9.99. The summed E-state index contributed by atoms with van der Waals surface area (Å²) in [4.78, 5) is 11.0. The fraction of sp³-hybridized carbons (Fsp3) is 0.583. The first-order valence-corrected chi connectivity index (χ1v) is 6.76. The van der Waals surface area contributed by atoms with E-state index in [9.17, 15) is 0 Å². The van der Waals surface area contributed by atoms with Crippen LogP contribution in [0.15, 0.2) is 12.5 Å². The largest absolute Gasteiger partial charge is 0.356 e. The van der Waals surface area contributed by atoms with Gasteiger partial charge in [-0.1, -0.05) is 0 Å². The second-order valence-electron chi connectivity index (χ2n) is 4.79. The Hall–Kier alpha value is -1.36. The van der Waals surface area contributed by atoms with Gasteiger partial charge in [-0.15, -0.1) is 11.6 Å². The minimum absolute atomic E-state index is 0.647. The van der Waals surface area contributed by atoms with Crippen LogP contribution in [-0.4, -0.2) is 38.7 Å². The highest BCUT2D eigenvalue weighted by molar-refractivity contribution is 6.18. The van der Waals surface area contributed by atoms with Crippen molar-refractivity contribution in [3.05, 3.63) is 12.5 Å². The van der Waals surface area contributed by atoms with Gasteiger partial charge in [0.15, 0.2) is 5.65 Å². The van der Waals surface area contributed by atoms with Gasteiger partial charge < -0.3 is 4.90 Å². The second-order valence-corrected chi connectivity index (χ2v) is 5.10. The van der Waals surface area contributed by atoms with Crippen molar-refractivity contribution in [1.82, 2.24) is 19.7 Å². The zero-order chi connectivity index (χ0) is 12.5. The average molecular weight is 266 g/mol. The van der Waals surface area contributed by atoms with Crippen LogP contribution in [0.4, 0.5) is 5.82 Å². The number of aryl methyl sites for hydroxylation is 1. The van der Waals surface area contributed by atoms with Crippen molar-refractivity contribution in [2.45, 2.75) is 12.8 Å². The number of hydrogen-bond acceptors (Lipinski definition) is 4. The van der Waals surface area contributed by atoms with Gasteiger partial charge >= 0.3 is 0 Å². The zero-order valence-electron chi connectivity index (χ0n) is 10.4. The first-order chi connectivity index (χ1) is 8.79. The number of halogens is 1. The molecule has 0 saturated carbocycles. The lowest BCUT2D eigenvalue weighted by Gasteiger charge is -2.32. The molecular weight excluding hydrogens is 250 g/mol. The van der Waals surface area contributed by atoms with Gasteiger partial charge in [0, 0.05) is 26.0 Å². The van der Waals surface area contributed by atoms with Crippen LogP contribution >= 0.6 is 11.6 Å². The van der Waals surface area contributed by atoms with Crippen molar-refractivity contribution in [3.63, 3.8) is 0 Å². The molecule has 0 amide bonds. The number of fused-ring (bicyclic) bond motifs is 1. The molecule has 5 nitrogen and oxygen atoms in total. The van der Waals surface area contributed by atoms with Crippen molar-refractivity contribution in [1.29, 1.82) is 0 Å². The summed E-state index contributed by atoms with van der Waals surface area (Å²) >= 11 is 5.91. The summed E-state index contributed by atoms with van der Waals surface area (Å²) in [5.41, 5.74) is 0.888. The summed E-state index contributed by atoms with van der Waals surface area (Å²) < 4.78 is 1.78. The molecule has 0 aromatic carbocycles. The van der Waals surface area contributed by atoms with E-state index in [1.165, 1.54) is 0 Å².